The standard InChI is InChI=1S/C17H25F3N2OS.ClH/c1-2-3-12-23-13-11-21-7-9-22(10-8-21)15-5-4-6-16(14-15)24-17(18,19)20;/h4-6,14H,2-3,7-13H2,1H3;1H. The number of hydrogen-bond acceptors (Lipinski definition) is 4. The molecule has 0 N–H and O–H groups in total. The monoisotopic (exact) mass is 398 g/mol. The lowest BCUT2D eigenvalue weighted by molar-refractivity contribution is -0.0328. The van der Waals surface area contributed by atoms with Crippen LogP contribution in [-0.4, -0.2) is 56.3 Å². The first-order valence-electron chi connectivity index (χ1n) is 8.39. The second-order valence-corrected chi connectivity index (χ2v) is 6.98. The van der Waals surface area contributed by atoms with Crippen molar-refractivity contribution < 1.29 is 17.9 Å². The van der Waals surface area contributed by atoms with E-state index in [9.17, 15) is 13.2 Å². The average molecular weight is 399 g/mol. The van der Waals surface area contributed by atoms with Gasteiger partial charge in [-0.3, -0.25) is 4.90 Å². The molecule has 0 amide bonds. The maximum absolute atomic E-state index is 12.5. The van der Waals surface area contributed by atoms with Crippen LogP contribution in [0.2, 0.25) is 0 Å². The molecule has 3 nitrogen and oxygen atoms in total. The minimum absolute atomic E-state index is 0. The summed E-state index contributed by atoms with van der Waals surface area (Å²) in [5.74, 6) is 0. The van der Waals surface area contributed by atoms with Gasteiger partial charge in [-0.15, -0.1) is 12.4 Å². The van der Waals surface area contributed by atoms with Crippen LogP contribution in [0.25, 0.3) is 0 Å². The van der Waals surface area contributed by atoms with Crippen molar-refractivity contribution in [2.45, 2.75) is 30.2 Å². The zero-order valence-corrected chi connectivity index (χ0v) is 16.1. The van der Waals surface area contributed by atoms with E-state index in [1.165, 1.54) is 6.07 Å². The predicted octanol–water partition coefficient (Wildman–Crippen LogP) is 4.66. The van der Waals surface area contributed by atoms with Gasteiger partial charge in [-0.05, 0) is 36.4 Å². The zero-order chi connectivity index (χ0) is 17.4. The number of hydrogen-bond donors (Lipinski definition) is 0. The first-order valence-corrected chi connectivity index (χ1v) is 9.20. The van der Waals surface area contributed by atoms with E-state index in [4.69, 9.17) is 4.74 Å². The molecule has 0 aliphatic carbocycles. The minimum atomic E-state index is -4.24. The van der Waals surface area contributed by atoms with Crippen LogP contribution in [0.3, 0.4) is 0 Å². The number of halogens is 4. The van der Waals surface area contributed by atoms with Crippen LogP contribution in [0, 0.1) is 0 Å². The van der Waals surface area contributed by atoms with Crippen LogP contribution >= 0.6 is 24.2 Å². The summed E-state index contributed by atoms with van der Waals surface area (Å²) in [6.07, 6.45) is 2.24. The quantitative estimate of drug-likeness (QED) is 0.467. The second kappa shape index (κ2) is 11.2. The molecule has 1 aliphatic heterocycles. The molecular formula is C17H26ClF3N2OS. The normalized spacial score (nSPS) is 15.9. The Kier molecular flexibility index (Phi) is 10.0. The molecule has 1 heterocycles. The molecule has 1 aliphatic rings. The van der Waals surface area contributed by atoms with Crippen LogP contribution in [-0.2, 0) is 4.74 Å². The van der Waals surface area contributed by atoms with Crippen molar-refractivity contribution in [3.63, 3.8) is 0 Å². The summed E-state index contributed by atoms with van der Waals surface area (Å²) in [6.45, 7) is 8.11. The number of ether oxygens (including phenoxy) is 1. The van der Waals surface area contributed by atoms with Crippen molar-refractivity contribution in [3.8, 4) is 0 Å². The molecule has 0 saturated carbocycles. The lowest BCUT2D eigenvalue weighted by Crippen LogP contribution is -2.47. The number of piperazine rings is 1. The smallest absolute Gasteiger partial charge is 0.380 e. The number of benzene rings is 1. The van der Waals surface area contributed by atoms with E-state index >= 15 is 0 Å². The van der Waals surface area contributed by atoms with Crippen molar-refractivity contribution in [1.82, 2.24) is 4.90 Å². The fourth-order valence-corrected chi connectivity index (χ4v) is 3.24. The third-order valence-corrected chi connectivity index (χ3v) is 4.70. The Morgan fingerprint density at radius 3 is 2.48 bits per heavy atom. The van der Waals surface area contributed by atoms with Crippen LogP contribution < -0.4 is 4.90 Å². The van der Waals surface area contributed by atoms with E-state index in [2.05, 4.69) is 16.7 Å². The summed E-state index contributed by atoms with van der Waals surface area (Å²) in [7, 11) is 0. The van der Waals surface area contributed by atoms with Crippen LogP contribution in [0.4, 0.5) is 18.9 Å². The van der Waals surface area contributed by atoms with Crippen LogP contribution in [0.1, 0.15) is 19.8 Å². The lowest BCUT2D eigenvalue weighted by atomic mass is 10.2. The highest BCUT2D eigenvalue weighted by Gasteiger charge is 2.29. The largest absolute Gasteiger partial charge is 0.446 e. The van der Waals surface area contributed by atoms with Gasteiger partial charge in [-0.1, -0.05) is 19.4 Å². The molecule has 0 spiro atoms. The van der Waals surface area contributed by atoms with Gasteiger partial charge in [-0.2, -0.15) is 13.2 Å². The van der Waals surface area contributed by atoms with E-state index in [1.54, 1.807) is 12.1 Å². The summed E-state index contributed by atoms with van der Waals surface area (Å²) in [5, 5.41) is 0. The molecule has 2 rings (SSSR count). The van der Waals surface area contributed by atoms with Gasteiger partial charge in [0, 0.05) is 49.9 Å². The molecule has 0 aromatic heterocycles. The van der Waals surface area contributed by atoms with E-state index in [-0.39, 0.29) is 29.1 Å². The van der Waals surface area contributed by atoms with Crippen LogP contribution in [0.15, 0.2) is 29.2 Å². The number of unbranched alkanes of at least 4 members (excludes halogenated alkanes) is 1. The van der Waals surface area contributed by atoms with Gasteiger partial charge in [-0.25, -0.2) is 0 Å². The van der Waals surface area contributed by atoms with E-state index < -0.39 is 5.51 Å². The maximum Gasteiger partial charge on any atom is 0.446 e. The van der Waals surface area contributed by atoms with Crippen molar-refractivity contribution in [3.05, 3.63) is 24.3 Å². The van der Waals surface area contributed by atoms with Crippen molar-refractivity contribution in [2.24, 2.45) is 0 Å². The molecule has 1 fully saturated rings. The third kappa shape index (κ3) is 8.53. The molecular weight excluding hydrogens is 373 g/mol. The van der Waals surface area contributed by atoms with Gasteiger partial charge < -0.3 is 9.64 Å². The molecule has 0 radical (unpaired) electrons. The third-order valence-electron chi connectivity index (χ3n) is 3.98. The average Bonchev–Trinajstić information content (AvgIpc) is 2.54. The van der Waals surface area contributed by atoms with Gasteiger partial charge in [0.2, 0.25) is 0 Å². The summed E-state index contributed by atoms with van der Waals surface area (Å²) in [4.78, 5) is 4.73. The Bertz CT molecular complexity index is 497. The predicted molar refractivity (Wildman–Crippen MR) is 100.0 cm³/mol. The molecule has 25 heavy (non-hydrogen) atoms. The SMILES string of the molecule is CCCCOCCN1CCN(c2cccc(SC(F)(F)F)c2)CC1.Cl. The molecule has 0 bridgehead atoms. The van der Waals surface area contributed by atoms with E-state index in [0.29, 0.717) is 0 Å². The van der Waals surface area contributed by atoms with Gasteiger partial charge in [0.1, 0.15) is 0 Å². The van der Waals surface area contributed by atoms with Crippen molar-refractivity contribution in [2.75, 3.05) is 50.8 Å². The molecule has 144 valence electrons. The second-order valence-electron chi connectivity index (χ2n) is 5.84. The topological polar surface area (TPSA) is 15.7 Å². The Morgan fingerprint density at radius 2 is 1.84 bits per heavy atom. The number of anilines is 1. The number of rotatable bonds is 8. The highest BCUT2D eigenvalue weighted by molar-refractivity contribution is 8.00. The van der Waals surface area contributed by atoms with Crippen molar-refractivity contribution in [1.29, 1.82) is 0 Å². The fourth-order valence-electron chi connectivity index (χ4n) is 2.65. The summed E-state index contributed by atoms with van der Waals surface area (Å²) in [5.41, 5.74) is -3.38. The summed E-state index contributed by atoms with van der Waals surface area (Å²) in [6, 6.07) is 6.70. The van der Waals surface area contributed by atoms with Gasteiger partial charge in [0.25, 0.3) is 0 Å². The van der Waals surface area contributed by atoms with Gasteiger partial charge in [0.05, 0.1) is 6.61 Å². The minimum Gasteiger partial charge on any atom is -0.380 e. The Hall–Kier alpha value is -0.630. The fraction of sp³-hybridized carbons (Fsp3) is 0.647. The number of thioether (sulfide) groups is 1. The Morgan fingerprint density at radius 1 is 1.12 bits per heavy atom. The van der Waals surface area contributed by atoms with E-state index in [1.807, 2.05) is 6.07 Å². The highest BCUT2D eigenvalue weighted by atomic mass is 35.5. The Balaban J connectivity index is 0.00000312. The molecule has 0 atom stereocenters. The molecule has 1 aromatic carbocycles. The first kappa shape index (κ1) is 22.4. The maximum atomic E-state index is 12.5. The first-order chi connectivity index (χ1) is 11.5. The number of nitrogens with zero attached hydrogens (tertiary/aromatic N) is 2. The molecule has 1 saturated heterocycles. The van der Waals surface area contributed by atoms with Crippen molar-refractivity contribution >= 4 is 29.9 Å². The Labute approximate surface area is 158 Å². The molecule has 0 unspecified atom stereocenters. The van der Waals surface area contributed by atoms with Gasteiger partial charge >= 0.3 is 5.51 Å². The summed E-state index contributed by atoms with van der Waals surface area (Å²) >= 11 is -0.0567. The van der Waals surface area contributed by atoms with Crippen LogP contribution in [0.5, 0.6) is 0 Å². The lowest BCUT2D eigenvalue weighted by Gasteiger charge is -2.36. The van der Waals surface area contributed by atoms with Gasteiger partial charge in [0.15, 0.2) is 0 Å². The summed E-state index contributed by atoms with van der Waals surface area (Å²) < 4.78 is 43.1. The zero-order valence-electron chi connectivity index (χ0n) is 14.4. The molecule has 1 aromatic rings. The van der Waals surface area contributed by atoms with E-state index in [0.717, 1.165) is 64.5 Å². The highest BCUT2D eigenvalue weighted by Crippen LogP contribution is 2.38. The number of alkyl halides is 3. The molecule has 8 heteroatoms.